The Bertz CT molecular complexity index is 1130. The summed E-state index contributed by atoms with van der Waals surface area (Å²) >= 11 is 0. The van der Waals surface area contributed by atoms with Crippen molar-refractivity contribution in [2.24, 2.45) is 5.92 Å². The Labute approximate surface area is 200 Å². The van der Waals surface area contributed by atoms with Crippen molar-refractivity contribution in [2.75, 3.05) is 25.0 Å². The topological polar surface area (TPSA) is 76.5 Å². The largest absolute Gasteiger partial charge is 0.484 e. The number of hydrogen-bond acceptors (Lipinski definition) is 4. The first-order valence-electron chi connectivity index (χ1n) is 12.4. The van der Waals surface area contributed by atoms with Crippen molar-refractivity contribution in [3.63, 3.8) is 0 Å². The molecule has 0 atom stereocenters. The number of benzene rings is 2. The van der Waals surface area contributed by atoms with Gasteiger partial charge in [-0.05, 0) is 49.9 Å². The highest BCUT2D eigenvalue weighted by atomic mass is 16.5. The van der Waals surface area contributed by atoms with E-state index in [1.807, 2.05) is 48.5 Å². The molecule has 2 aliphatic rings. The molecule has 1 saturated heterocycles. The molecule has 7 nitrogen and oxygen atoms in total. The molecule has 0 spiro atoms. The van der Waals surface area contributed by atoms with E-state index in [9.17, 15) is 9.59 Å². The van der Waals surface area contributed by atoms with E-state index in [2.05, 4.69) is 16.0 Å². The number of fused-ring (bicyclic) bond motifs is 1. The van der Waals surface area contributed by atoms with Crippen LogP contribution in [0.15, 0.2) is 54.6 Å². The Kier molecular flexibility index (Phi) is 6.79. The Balaban J connectivity index is 1.20. The van der Waals surface area contributed by atoms with Gasteiger partial charge in [-0.25, -0.2) is 4.98 Å². The second-order valence-electron chi connectivity index (χ2n) is 9.33. The maximum Gasteiger partial charge on any atom is 0.260 e. The number of hydrogen-bond donors (Lipinski definition) is 1. The lowest BCUT2D eigenvalue weighted by Crippen LogP contribution is -2.43. The van der Waals surface area contributed by atoms with Crippen LogP contribution in [0.5, 0.6) is 5.75 Å². The second-order valence-corrected chi connectivity index (χ2v) is 9.33. The summed E-state index contributed by atoms with van der Waals surface area (Å²) in [7, 11) is 0. The zero-order valence-corrected chi connectivity index (χ0v) is 19.5. The van der Waals surface area contributed by atoms with Crippen LogP contribution in [0.3, 0.4) is 0 Å². The predicted octanol–water partition coefficient (Wildman–Crippen LogP) is 4.80. The average molecular weight is 461 g/mol. The van der Waals surface area contributed by atoms with E-state index >= 15 is 0 Å². The lowest BCUT2D eigenvalue weighted by molar-refractivity contribution is -0.136. The third-order valence-electron chi connectivity index (χ3n) is 7.09. The van der Waals surface area contributed by atoms with E-state index in [4.69, 9.17) is 9.72 Å². The number of nitrogens with one attached hydrogen (secondary N) is 1. The number of para-hydroxylation sites is 3. The number of ether oxygens (including phenoxy) is 1. The fourth-order valence-electron chi connectivity index (χ4n) is 5.20. The van der Waals surface area contributed by atoms with Crippen LogP contribution in [-0.2, 0) is 9.59 Å². The smallest absolute Gasteiger partial charge is 0.260 e. The number of anilines is 1. The zero-order chi connectivity index (χ0) is 23.3. The molecule has 2 heterocycles. The molecule has 2 amide bonds. The summed E-state index contributed by atoms with van der Waals surface area (Å²) in [4.78, 5) is 32.3. The van der Waals surface area contributed by atoms with Crippen molar-refractivity contribution in [1.29, 1.82) is 0 Å². The van der Waals surface area contributed by atoms with Crippen molar-refractivity contribution in [1.82, 2.24) is 14.5 Å². The molecule has 1 aliphatic carbocycles. The minimum absolute atomic E-state index is 0.0000000898. The fourth-order valence-corrected chi connectivity index (χ4v) is 5.20. The summed E-state index contributed by atoms with van der Waals surface area (Å²) in [6.45, 7) is 1.15. The molecule has 178 valence electrons. The molecule has 1 N–H and O–H groups in total. The molecule has 7 heteroatoms. The molecule has 1 aromatic heterocycles. The predicted molar refractivity (Wildman–Crippen MR) is 132 cm³/mol. The summed E-state index contributed by atoms with van der Waals surface area (Å²) in [6.07, 6.45) is 7.23. The van der Waals surface area contributed by atoms with Gasteiger partial charge in [0.1, 0.15) is 5.75 Å². The molecule has 34 heavy (non-hydrogen) atoms. The molecular formula is C27H32N4O3. The maximum absolute atomic E-state index is 13.2. The van der Waals surface area contributed by atoms with Gasteiger partial charge in [-0.15, -0.1) is 0 Å². The highest BCUT2D eigenvalue weighted by Gasteiger charge is 2.29. The van der Waals surface area contributed by atoms with Gasteiger partial charge in [0.25, 0.3) is 5.91 Å². The normalized spacial score (nSPS) is 17.6. The summed E-state index contributed by atoms with van der Waals surface area (Å²) in [5.74, 6) is 1.18. The summed E-state index contributed by atoms with van der Waals surface area (Å²) < 4.78 is 7.83. The molecule has 1 aliphatic heterocycles. The van der Waals surface area contributed by atoms with E-state index in [0.29, 0.717) is 43.7 Å². The Morgan fingerprint density at radius 1 is 0.912 bits per heavy atom. The van der Waals surface area contributed by atoms with Gasteiger partial charge in [0.2, 0.25) is 11.9 Å². The molecule has 2 fully saturated rings. The molecule has 2 aromatic carbocycles. The quantitative estimate of drug-likeness (QED) is 0.573. The van der Waals surface area contributed by atoms with Crippen LogP contribution in [0.4, 0.5) is 5.95 Å². The van der Waals surface area contributed by atoms with Gasteiger partial charge < -0.3 is 14.2 Å². The van der Waals surface area contributed by atoms with Crippen molar-refractivity contribution in [2.45, 2.75) is 51.0 Å². The highest BCUT2D eigenvalue weighted by Crippen LogP contribution is 2.34. The standard InChI is InChI=1S/C27H32N4O3/c32-25(19-34-22-11-5-2-6-12-22)30-17-15-20(16-18-30)26(33)29-27-28-23-13-7-8-14-24(23)31(27)21-9-3-1-4-10-21/h2,5-8,11-14,20-21H,1,3-4,9-10,15-19H2,(H,28,29,33). The molecule has 1 saturated carbocycles. The van der Waals surface area contributed by atoms with Crippen LogP contribution in [-0.4, -0.2) is 46.0 Å². The van der Waals surface area contributed by atoms with Crippen LogP contribution in [0.1, 0.15) is 51.0 Å². The van der Waals surface area contributed by atoms with Crippen molar-refractivity contribution >= 4 is 28.8 Å². The van der Waals surface area contributed by atoms with Gasteiger partial charge in [0.15, 0.2) is 6.61 Å². The number of likely N-dealkylation sites (tertiary alicyclic amines) is 1. The zero-order valence-electron chi connectivity index (χ0n) is 19.5. The number of piperidine rings is 1. The maximum atomic E-state index is 13.2. The summed E-state index contributed by atoms with van der Waals surface area (Å²) in [5, 5.41) is 3.14. The molecule has 0 unspecified atom stereocenters. The molecular weight excluding hydrogens is 428 g/mol. The van der Waals surface area contributed by atoms with Crippen molar-refractivity contribution < 1.29 is 14.3 Å². The van der Waals surface area contributed by atoms with E-state index < -0.39 is 0 Å². The van der Waals surface area contributed by atoms with Crippen molar-refractivity contribution in [3.05, 3.63) is 54.6 Å². The molecule has 5 rings (SSSR count). The van der Waals surface area contributed by atoms with E-state index in [1.165, 1.54) is 19.3 Å². The first-order chi connectivity index (χ1) is 16.7. The van der Waals surface area contributed by atoms with Crippen LogP contribution >= 0.6 is 0 Å². The van der Waals surface area contributed by atoms with Crippen LogP contribution in [0, 0.1) is 5.92 Å². The number of nitrogens with zero attached hydrogens (tertiary/aromatic N) is 3. The van der Waals surface area contributed by atoms with Gasteiger partial charge in [0, 0.05) is 25.0 Å². The van der Waals surface area contributed by atoms with Gasteiger partial charge in [-0.3, -0.25) is 14.9 Å². The van der Waals surface area contributed by atoms with Crippen molar-refractivity contribution in [3.8, 4) is 5.75 Å². The Morgan fingerprint density at radius 3 is 2.38 bits per heavy atom. The van der Waals surface area contributed by atoms with Crippen LogP contribution in [0.2, 0.25) is 0 Å². The molecule has 0 bridgehead atoms. The third-order valence-corrected chi connectivity index (χ3v) is 7.09. The number of carbonyl (C=O) groups excluding carboxylic acids is 2. The van der Waals surface area contributed by atoms with Gasteiger partial charge in [-0.2, -0.15) is 0 Å². The average Bonchev–Trinajstić information content (AvgIpc) is 3.26. The monoisotopic (exact) mass is 460 g/mol. The SMILES string of the molecule is O=C(Nc1nc2ccccc2n1C1CCCCC1)C1CCN(C(=O)COc2ccccc2)CC1. The van der Waals surface area contributed by atoms with E-state index in [-0.39, 0.29) is 24.3 Å². The molecule has 3 aromatic rings. The Morgan fingerprint density at radius 2 is 1.62 bits per heavy atom. The van der Waals surface area contributed by atoms with Gasteiger partial charge >= 0.3 is 0 Å². The van der Waals surface area contributed by atoms with Crippen LogP contribution < -0.4 is 10.1 Å². The number of imidazole rings is 1. The lowest BCUT2D eigenvalue weighted by atomic mass is 9.95. The number of rotatable bonds is 6. The van der Waals surface area contributed by atoms with E-state index in [1.54, 1.807) is 4.90 Å². The first kappa shape index (κ1) is 22.4. The van der Waals surface area contributed by atoms with Crippen LogP contribution in [0.25, 0.3) is 11.0 Å². The summed E-state index contributed by atoms with van der Waals surface area (Å²) in [6, 6.07) is 17.8. The van der Waals surface area contributed by atoms with E-state index in [0.717, 1.165) is 23.9 Å². The van der Waals surface area contributed by atoms with Gasteiger partial charge in [0.05, 0.1) is 11.0 Å². The number of amides is 2. The lowest BCUT2D eigenvalue weighted by Gasteiger charge is -2.31. The van der Waals surface area contributed by atoms with Gasteiger partial charge in [-0.1, -0.05) is 49.6 Å². The fraction of sp³-hybridized carbons (Fsp3) is 0.444. The number of aromatic nitrogens is 2. The minimum Gasteiger partial charge on any atom is -0.484 e. The minimum atomic E-state index is -0.126. The molecule has 0 radical (unpaired) electrons. The summed E-state index contributed by atoms with van der Waals surface area (Å²) in [5.41, 5.74) is 2.01. The first-order valence-corrected chi connectivity index (χ1v) is 12.4. The highest BCUT2D eigenvalue weighted by molar-refractivity contribution is 5.93. The number of carbonyl (C=O) groups is 2. The second kappa shape index (κ2) is 10.3. The third kappa shape index (κ3) is 4.93. The Hall–Kier alpha value is -3.35.